The van der Waals surface area contributed by atoms with Gasteiger partial charge >= 0.3 is 0 Å². The Morgan fingerprint density at radius 3 is 2.21 bits per heavy atom. The topological polar surface area (TPSA) is 86.8 Å². The van der Waals surface area contributed by atoms with E-state index in [0.29, 0.717) is 5.02 Å². The van der Waals surface area contributed by atoms with Crippen LogP contribution in [0.15, 0.2) is 108 Å². The number of hydrogen-bond donors (Lipinski definition) is 1. The average molecular weight is 608 g/mol. The van der Waals surface area contributed by atoms with Crippen LogP contribution >= 0.6 is 11.6 Å². The molecule has 7 nitrogen and oxygen atoms in total. The van der Waals surface area contributed by atoms with Crippen molar-refractivity contribution in [2.45, 2.75) is 30.8 Å². The van der Waals surface area contributed by atoms with Gasteiger partial charge in [-0.3, -0.25) is 13.9 Å². The normalized spacial score (nSPS) is 11.9. The van der Waals surface area contributed by atoms with E-state index in [2.05, 4.69) is 5.32 Å². The van der Waals surface area contributed by atoms with Gasteiger partial charge in [0.1, 0.15) is 18.4 Å². The first-order valence-corrected chi connectivity index (χ1v) is 15.1. The maximum atomic E-state index is 14.8. The predicted octanol–water partition coefficient (Wildman–Crippen LogP) is 5.37. The highest BCUT2D eigenvalue weighted by molar-refractivity contribution is 7.92. The lowest BCUT2D eigenvalue weighted by molar-refractivity contribution is -0.139. The van der Waals surface area contributed by atoms with Gasteiger partial charge in [0, 0.05) is 30.6 Å². The highest BCUT2D eigenvalue weighted by Gasteiger charge is 2.34. The van der Waals surface area contributed by atoms with Crippen molar-refractivity contribution in [1.29, 1.82) is 0 Å². The third kappa shape index (κ3) is 7.35. The molecule has 0 bridgehead atoms. The number of anilines is 1. The van der Waals surface area contributed by atoms with E-state index >= 15 is 0 Å². The molecule has 0 aromatic heterocycles. The van der Waals surface area contributed by atoms with E-state index in [0.717, 1.165) is 15.4 Å². The number of benzene rings is 4. The molecule has 0 aliphatic carbocycles. The summed E-state index contributed by atoms with van der Waals surface area (Å²) >= 11 is 6.00. The summed E-state index contributed by atoms with van der Waals surface area (Å²) in [7, 11) is -2.80. The molecule has 1 atom stereocenters. The molecule has 4 aromatic carbocycles. The summed E-state index contributed by atoms with van der Waals surface area (Å²) in [4.78, 5) is 28.6. The fourth-order valence-corrected chi connectivity index (χ4v) is 6.11. The average Bonchev–Trinajstić information content (AvgIpc) is 2.98. The SMILES string of the molecule is CNC(=O)[C@H](Cc1ccccc1)N(Cc1ccccc1F)C(=O)CN(c1cccc(C)c1)S(=O)(=O)c1ccc(Cl)cc1. The highest BCUT2D eigenvalue weighted by atomic mass is 35.5. The molecule has 0 heterocycles. The molecule has 42 heavy (non-hydrogen) atoms. The number of sulfonamides is 1. The van der Waals surface area contributed by atoms with E-state index in [-0.39, 0.29) is 29.1 Å². The van der Waals surface area contributed by atoms with Gasteiger partial charge in [0.05, 0.1) is 10.6 Å². The van der Waals surface area contributed by atoms with Crippen molar-refractivity contribution in [3.05, 3.63) is 131 Å². The van der Waals surface area contributed by atoms with E-state index in [1.807, 2.05) is 43.3 Å². The van der Waals surface area contributed by atoms with Crippen LogP contribution in [0.25, 0.3) is 0 Å². The number of amides is 2. The lowest BCUT2D eigenvalue weighted by Gasteiger charge is -2.33. The van der Waals surface area contributed by atoms with E-state index in [9.17, 15) is 22.4 Å². The van der Waals surface area contributed by atoms with Gasteiger partial charge in [0.15, 0.2) is 0 Å². The Balaban J connectivity index is 1.80. The highest BCUT2D eigenvalue weighted by Crippen LogP contribution is 2.27. The van der Waals surface area contributed by atoms with Crippen molar-refractivity contribution in [3.63, 3.8) is 0 Å². The van der Waals surface area contributed by atoms with Gasteiger partial charge in [0.2, 0.25) is 11.8 Å². The second-order valence-corrected chi connectivity index (χ2v) is 12.0. The largest absolute Gasteiger partial charge is 0.357 e. The molecule has 0 unspecified atom stereocenters. The zero-order valence-electron chi connectivity index (χ0n) is 23.2. The number of carbonyl (C=O) groups excluding carboxylic acids is 2. The van der Waals surface area contributed by atoms with Crippen LogP contribution in [0.2, 0.25) is 5.02 Å². The van der Waals surface area contributed by atoms with Gasteiger partial charge in [-0.25, -0.2) is 12.8 Å². The number of likely N-dealkylation sites (N-methyl/N-ethyl adjacent to an activating group) is 1. The molecule has 1 N–H and O–H groups in total. The molecule has 0 saturated heterocycles. The number of rotatable bonds is 11. The van der Waals surface area contributed by atoms with Gasteiger partial charge in [-0.15, -0.1) is 0 Å². The third-order valence-electron chi connectivity index (χ3n) is 6.79. The number of nitrogens with one attached hydrogen (secondary N) is 1. The van der Waals surface area contributed by atoms with Crippen molar-refractivity contribution < 1.29 is 22.4 Å². The second-order valence-electron chi connectivity index (χ2n) is 9.74. The van der Waals surface area contributed by atoms with Crippen molar-refractivity contribution in [3.8, 4) is 0 Å². The van der Waals surface area contributed by atoms with E-state index in [4.69, 9.17) is 11.6 Å². The van der Waals surface area contributed by atoms with Gasteiger partial charge in [-0.2, -0.15) is 0 Å². The van der Waals surface area contributed by atoms with Crippen molar-refractivity contribution in [2.24, 2.45) is 0 Å². The summed E-state index contributed by atoms with van der Waals surface area (Å²) in [6.45, 7) is 0.925. The molecule has 218 valence electrons. The van der Waals surface area contributed by atoms with Crippen LogP contribution in [-0.4, -0.2) is 44.8 Å². The summed E-state index contributed by atoms with van der Waals surface area (Å²) in [5.41, 5.74) is 2.02. The minimum absolute atomic E-state index is 0.0611. The molecular formula is C32H31ClFN3O4S. The van der Waals surface area contributed by atoms with Crippen LogP contribution in [0, 0.1) is 12.7 Å². The minimum atomic E-state index is -4.26. The van der Waals surface area contributed by atoms with Gasteiger partial charge in [0.25, 0.3) is 10.0 Å². The zero-order chi connectivity index (χ0) is 30.3. The van der Waals surface area contributed by atoms with Crippen molar-refractivity contribution in [1.82, 2.24) is 10.2 Å². The molecule has 4 rings (SSSR count). The van der Waals surface area contributed by atoms with Crippen LogP contribution in [0.4, 0.5) is 10.1 Å². The van der Waals surface area contributed by atoms with Gasteiger partial charge in [-0.1, -0.05) is 72.3 Å². The van der Waals surface area contributed by atoms with Crippen LogP contribution in [-0.2, 0) is 32.6 Å². The Labute approximate surface area is 250 Å². The van der Waals surface area contributed by atoms with E-state index in [1.165, 1.54) is 54.4 Å². The molecule has 0 fully saturated rings. The van der Waals surface area contributed by atoms with Crippen LogP contribution < -0.4 is 9.62 Å². The van der Waals surface area contributed by atoms with Gasteiger partial charge in [-0.05, 0) is 60.5 Å². The summed E-state index contributed by atoms with van der Waals surface area (Å²) in [6, 6.07) is 26.4. The number of hydrogen-bond acceptors (Lipinski definition) is 4. The Kier molecular flexibility index (Phi) is 9.98. The summed E-state index contributed by atoms with van der Waals surface area (Å²) in [5, 5.41) is 2.96. The Hall–Kier alpha value is -4.21. The van der Waals surface area contributed by atoms with Crippen molar-refractivity contribution in [2.75, 3.05) is 17.9 Å². The number of nitrogens with zero attached hydrogens (tertiary/aromatic N) is 2. The molecule has 4 aromatic rings. The first-order chi connectivity index (χ1) is 20.1. The summed E-state index contributed by atoms with van der Waals surface area (Å²) in [5.74, 6) is -1.69. The standard InChI is InChI=1S/C32H31ClFN3O4S/c1-23-9-8-13-27(19-23)37(42(40,41)28-17-15-26(33)16-18-28)22-31(38)36(21-25-12-6-7-14-29(25)34)30(32(39)35-2)20-24-10-4-3-5-11-24/h3-19,30H,20-22H2,1-2H3,(H,35,39)/t30-/m0/s1. The molecule has 0 aliphatic heterocycles. The van der Waals surface area contributed by atoms with Crippen molar-refractivity contribution >= 4 is 39.1 Å². The van der Waals surface area contributed by atoms with E-state index in [1.54, 1.807) is 24.3 Å². The maximum Gasteiger partial charge on any atom is 0.264 e. The molecule has 0 saturated carbocycles. The van der Waals surface area contributed by atoms with Crippen LogP contribution in [0.5, 0.6) is 0 Å². The lowest BCUT2D eigenvalue weighted by Crippen LogP contribution is -2.53. The van der Waals surface area contributed by atoms with Crippen LogP contribution in [0.3, 0.4) is 0 Å². The first kappa shape index (κ1) is 30.7. The molecule has 0 radical (unpaired) electrons. The summed E-state index contributed by atoms with van der Waals surface area (Å²) < 4.78 is 43.7. The molecular weight excluding hydrogens is 577 g/mol. The fraction of sp³-hybridized carbons (Fsp3) is 0.188. The Morgan fingerprint density at radius 1 is 0.905 bits per heavy atom. The molecule has 0 aliphatic rings. The van der Waals surface area contributed by atoms with Gasteiger partial charge < -0.3 is 10.2 Å². The number of aryl methyl sites for hydroxylation is 1. The molecule has 0 spiro atoms. The lowest BCUT2D eigenvalue weighted by atomic mass is 10.0. The Bertz CT molecular complexity index is 1650. The maximum absolute atomic E-state index is 14.8. The van der Waals surface area contributed by atoms with E-state index < -0.39 is 40.2 Å². The monoisotopic (exact) mass is 607 g/mol. The molecule has 2 amide bonds. The minimum Gasteiger partial charge on any atom is -0.357 e. The summed E-state index contributed by atoms with van der Waals surface area (Å²) in [6.07, 6.45) is 0.134. The first-order valence-electron chi connectivity index (χ1n) is 13.2. The smallest absolute Gasteiger partial charge is 0.264 e. The third-order valence-corrected chi connectivity index (χ3v) is 8.83. The quantitative estimate of drug-likeness (QED) is 0.248. The zero-order valence-corrected chi connectivity index (χ0v) is 24.8. The molecule has 10 heteroatoms. The number of carbonyl (C=O) groups is 2. The van der Waals surface area contributed by atoms with Crippen LogP contribution in [0.1, 0.15) is 16.7 Å². The Morgan fingerprint density at radius 2 is 1.57 bits per heavy atom. The number of halogens is 2. The fourth-order valence-electron chi connectivity index (χ4n) is 4.58. The predicted molar refractivity (Wildman–Crippen MR) is 162 cm³/mol. The second kappa shape index (κ2) is 13.6.